The third kappa shape index (κ3) is 4.56. The van der Waals surface area contributed by atoms with E-state index in [9.17, 15) is 10.1 Å². The summed E-state index contributed by atoms with van der Waals surface area (Å²) in [6.07, 6.45) is 11.5. The highest BCUT2D eigenvalue weighted by Crippen LogP contribution is 2.40. The van der Waals surface area contributed by atoms with Crippen LogP contribution >= 0.6 is 0 Å². The minimum Gasteiger partial charge on any atom is -0.492 e. The normalized spacial score (nSPS) is 18.8. The van der Waals surface area contributed by atoms with Crippen molar-refractivity contribution in [2.24, 2.45) is 11.1 Å². The van der Waals surface area contributed by atoms with E-state index >= 15 is 0 Å². The lowest BCUT2D eigenvalue weighted by Gasteiger charge is -2.41. The Hall–Kier alpha value is -3.44. The number of rotatable bonds is 7. The molecular weight excluding hydrogens is 452 g/mol. The molecule has 3 aromatic heterocycles. The van der Waals surface area contributed by atoms with Gasteiger partial charge >= 0.3 is 0 Å². The third-order valence-electron chi connectivity index (χ3n) is 8.01. The first-order chi connectivity index (χ1) is 17.3. The van der Waals surface area contributed by atoms with E-state index in [0.29, 0.717) is 24.3 Å². The number of pyridine rings is 2. The van der Waals surface area contributed by atoms with Gasteiger partial charge in [0.2, 0.25) is 0 Å². The average molecular weight is 487 g/mol. The molecule has 5 rings (SSSR count). The van der Waals surface area contributed by atoms with E-state index in [1.807, 2.05) is 31.3 Å². The lowest BCUT2D eigenvalue weighted by molar-refractivity contribution is -0.126. The molecule has 1 aliphatic carbocycles. The highest BCUT2D eigenvalue weighted by Gasteiger charge is 2.41. The summed E-state index contributed by atoms with van der Waals surface area (Å²) in [4.78, 5) is 20.0. The van der Waals surface area contributed by atoms with Gasteiger partial charge in [0.05, 0.1) is 35.6 Å². The number of aromatic nitrogens is 3. The van der Waals surface area contributed by atoms with Crippen LogP contribution in [0.4, 0.5) is 5.82 Å². The van der Waals surface area contributed by atoms with E-state index in [1.165, 1.54) is 0 Å². The molecule has 2 fully saturated rings. The first kappa shape index (κ1) is 24.3. The van der Waals surface area contributed by atoms with E-state index in [0.717, 1.165) is 74.1 Å². The number of fused-ring (bicyclic) bond motifs is 1. The van der Waals surface area contributed by atoms with Crippen molar-refractivity contribution in [3.63, 3.8) is 0 Å². The Kier molecular flexibility index (Phi) is 6.44. The summed E-state index contributed by atoms with van der Waals surface area (Å²) in [6, 6.07) is 8.24. The molecule has 188 valence electrons. The maximum atomic E-state index is 13.0. The summed E-state index contributed by atoms with van der Waals surface area (Å²) in [5.74, 6) is 1.86. The van der Waals surface area contributed by atoms with Crippen molar-refractivity contribution < 1.29 is 9.53 Å². The fraction of sp³-hybridized carbons (Fsp3) is 0.500. The van der Waals surface area contributed by atoms with Crippen molar-refractivity contribution in [1.29, 1.82) is 5.26 Å². The van der Waals surface area contributed by atoms with Gasteiger partial charge in [-0.1, -0.05) is 19.8 Å². The lowest BCUT2D eigenvalue weighted by atomic mass is 9.73. The van der Waals surface area contributed by atoms with Gasteiger partial charge in [0.1, 0.15) is 17.6 Å². The molecule has 3 aromatic rings. The number of nitriles is 1. The number of piperidine rings is 1. The fourth-order valence-corrected chi connectivity index (χ4v) is 5.68. The molecule has 36 heavy (non-hydrogen) atoms. The van der Waals surface area contributed by atoms with Crippen LogP contribution in [0.2, 0.25) is 0 Å². The third-order valence-corrected chi connectivity index (χ3v) is 8.01. The Balaban J connectivity index is 1.31. The van der Waals surface area contributed by atoms with Crippen molar-refractivity contribution in [2.75, 3.05) is 24.6 Å². The van der Waals surface area contributed by atoms with Crippen LogP contribution in [0.3, 0.4) is 0 Å². The van der Waals surface area contributed by atoms with Crippen LogP contribution in [0.15, 0.2) is 36.8 Å². The highest BCUT2D eigenvalue weighted by molar-refractivity contribution is 5.89. The van der Waals surface area contributed by atoms with E-state index in [1.54, 1.807) is 16.9 Å². The first-order valence-electron chi connectivity index (χ1n) is 12.9. The molecule has 2 N–H and O–H groups in total. The van der Waals surface area contributed by atoms with Gasteiger partial charge in [0.15, 0.2) is 5.78 Å². The smallest absolute Gasteiger partial charge is 0.153 e. The zero-order valence-corrected chi connectivity index (χ0v) is 21.2. The Morgan fingerprint density at radius 1 is 1.19 bits per heavy atom. The van der Waals surface area contributed by atoms with Crippen LogP contribution in [-0.4, -0.2) is 45.6 Å². The fourth-order valence-electron chi connectivity index (χ4n) is 5.68. The van der Waals surface area contributed by atoms with E-state index in [-0.39, 0.29) is 11.2 Å². The van der Waals surface area contributed by atoms with Gasteiger partial charge in [-0.05, 0) is 56.2 Å². The number of ketones is 1. The van der Waals surface area contributed by atoms with Crippen LogP contribution in [-0.2, 0) is 4.79 Å². The topological polar surface area (TPSA) is 110 Å². The van der Waals surface area contributed by atoms with E-state index < -0.39 is 5.54 Å². The molecular formula is C28H34N6O2. The minimum atomic E-state index is -0.594. The summed E-state index contributed by atoms with van der Waals surface area (Å²) in [7, 11) is 0. The largest absolute Gasteiger partial charge is 0.492 e. The number of carbonyl (C=O) groups is 1. The predicted molar refractivity (Wildman–Crippen MR) is 139 cm³/mol. The minimum absolute atomic E-state index is 0.0104. The van der Waals surface area contributed by atoms with Crippen molar-refractivity contribution in [3.05, 3.63) is 42.4 Å². The summed E-state index contributed by atoms with van der Waals surface area (Å²) < 4.78 is 7.41. The second kappa shape index (κ2) is 9.55. The first-order valence-corrected chi connectivity index (χ1v) is 12.9. The molecule has 0 aromatic carbocycles. The standard InChI is InChI=1S/C28H34N6O2/c1-3-36-22-14-23(26-21(16-29)18-32-34(26)19-22)20-6-7-25(31-17-20)33-12-10-27(2,11-13-33)15-24(35)28(30)8-4-5-9-28/h6-7,14,17-19H,3-5,8-13,15,30H2,1-2H3. The SMILES string of the molecule is CCOc1cc(-c2ccc(N3CCC(C)(CC(=O)C4(N)CCCC4)CC3)nc2)c2c(C#N)cnn2c1. The molecule has 0 amide bonds. The summed E-state index contributed by atoms with van der Waals surface area (Å²) in [5.41, 5.74) is 8.85. The number of carbonyl (C=O) groups excluding carboxylic acids is 1. The van der Waals surface area contributed by atoms with Gasteiger partial charge < -0.3 is 15.4 Å². The zero-order chi connectivity index (χ0) is 25.3. The van der Waals surface area contributed by atoms with Gasteiger partial charge in [-0.15, -0.1) is 0 Å². The summed E-state index contributed by atoms with van der Waals surface area (Å²) in [6.45, 7) is 6.43. The van der Waals surface area contributed by atoms with E-state index in [2.05, 4.69) is 23.0 Å². The number of nitrogens with two attached hydrogens (primary N) is 1. The molecule has 0 radical (unpaired) electrons. The molecule has 8 nitrogen and oxygen atoms in total. The molecule has 4 heterocycles. The van der Waals surface area contributed by atoms with Gasteiger partial charge in [-0.25, -0.2) is 9.50 Å². The van der Waals surface area contributed by atoms with Gasteiger partial charge in [0, 0.05) is 36.8 Å². The van der Waals surface area contributed by atoms with Gasteiger partial charge in [-0.2, -0.15) is 10.4 Å². The Morgan fingerprint density at radius 3 is 2.58 bits per heavy atom. The molecule has 0 spiro atoms. The molecule has 8 heteroatoms. The van der Waals surface area contributed by atoms with Crippen LogP contribution < -0.4 is 15.4 Å². The number of anilines is 1. The number of Topliss-reactive ketones (excluding diaryl/α,β-unsaturated/α-hetero) is 1. The average Bonchev–Trinajstić information content (AvgIpc) is 3.51. The van der Waals surface area contributed by atoms with Crippen LogP contribution in [0, 0.1) is 16.7 Å². The monoisotopic (exact) mass is 486 g/mol. The Labute approximate surface area is 212 Å². The van der Waals surface area contributed by atoms with Gasteiger partial charge in [0.25, 0.3) is 0 Å². The van der Waals surface area contributed by atoms with Crippen molar-refractivity contribution in [2.45, 2.75) is 64.3 Å². The van der Waals surface area contributed by atoms with E-state index in [4.69, 9.17) is 15.5 Å². The summed E-state index contributed by atoms with van der Waals surface area (Å²) >= 11 is 0. The van der Waals surface area contributed by atoms with Crippen molar-refractivity contribution >= 4 is 17.1 Å². The second-order valence-corrected chi connectivity index (χ2v) is 10.7. The van der Waals surface area contributed by atoms with Crippen LogP contribution in [0.5, 0.6) is 5.75 Å². The number of ether oxygens (including phenoxy) is 1. The van der Waals surface area contributed by atoms with Gasteiger partial charge in [-0.3, -0.25) is 4.79 Å². The van der Waals surface area contributed by atoms with Crippen LogP contribution in [0.1, 0.15) is 64.4 Å². The quantitative estimate of drug-likeness (QED) is 0.523. The maximum Gasteiger partial charge on any atom is 0.153 e. The predicted octanol–water partition coefficient (Wildman–Crippen LogP) is 4.50. The Bertz CT molecular complexity index is 1290. The molecule has 1 saturated heterocycles. The second-order valence-electron chi connectivity index (χ2n) is 10.7. The lowest BCUT2D eigenvalue weighted by Crippen LogP contribution is -2.48. The molecule has 0 unspecified atom stereocenters. The Morgan fingerprint density at radius 2 is 1.94 bits per heavy atom. The number of nitrogens with zero attached hydrogens (tertiary/aromatic N) is 5. The maximum absolute atomic E-state index is 13.0. The molecule has 1 aliphatic heterocycles. The highest BCUT2D eigenvalue weighted by atomic mass is 16.5. The molecule has 0 bridgehead atoms. The van der Waals surface area contributed by atoms with Crippen molar-refractivity contribution in [1.82, 2.24) is 14.6 Å². The van der Waals surface area contributed by atoms with Crippen molar-refractivity contribution in [3.8, 4) is 22.9 Å². The number of hydrogen-bond acceptors (Lipinski definition) is 7. The zero-order valence-electron chi connectivity index (χ0n) is 21.2. The molecule has 1 saturated carbocycles. The van der Waals surface area contributed by atoms with Crippen LogP contribution in [0.25, 0.3) is 16.6 Å². The number of hydrogen-bond donors (Lipinski definition) is 1. The summed E-state index contributed by atoms with van der Waals surface area (Å²) in [5, 5.41) is 13.9. The molecule has 2 aliphatic rings. The molecule has 0 atom stereocenters.